The molecular weight excluding hydrogens is 426 g/mol. The maximum Gasteiger partial charge on any atom is 0.254 e. The molecule has 6 nitrogen and oxygen atoms in total. The molecule has 34 heavy (non-hydrogen) atoms. The van der Waals surface area contributed by atoms with E-state index in [1.165, 1.54) is 12.7 Å². The number of amides is 2. The van der Waals surface area contributed by atoms with Gasteiger partial charge >= 0.3 is 0 Å². The van der Waals surface area contributed by atoms with Crippen LogP contribution in [0.1, 0.15) is 27.9 Å². The molecule has 0 saturated carbocycles. The van der Waals surface area contributed by atoms with Crippen LogP contribution in [0.3, 0.4) is 0 Å². The first-order valence-corrected chi connectivity index (χ1v) is 11.4. The maximum absolute atomic E-state index is 13.4. The Morgan fingerprint density at radius 3 is 2.41 bits per heavy atom. The van der Waals surface area contributed by atoms with E-state index in [-0.39, 0.29) is 18.4 Å². The van der Waals surface area contributed by atoms with Crippen molar-refractivity contribution >= 4 is 17.5 Å². The quantitative estimate of drug-likeness (QED) is 0.542. The molecule has 6 heteroatoms. The van der Waals surface area contributed by atoms with Gasteiger partial charge < -0.3 is 15.1 Å². The Labute approximate surface area is 200 Å². The lowest BCUT2D eigenvalue weighted by Gasteiger charge is -2.23. The molecule has 1 aliphatic heterocycles. The number of aryl methyl sites for hydroxylation is 1. The van der Waals surface area contributed by atoms with Gasteiger partial charge in [0.2, 0.25) is 5.91 Å². The van der Waals surface area contributed by atoms with E-state index < -0.39 is 6.04 Å². The van der Waals surface area contributed by atoms with Gasteiger partial charge in [-0.3, -0.25) is 9.59 Å². The second kappa shape index (κ2) is 10.8. The maximum atomic E-state index is 13.4. The van der Waals surface area contributed by atoms with Crippen molar-refractivity contribution in [2.75, 3.05) is 20.2 Å². The highest BCUT2D eigenvalue weighted by Gasteiger charge is 2.38. The molecule has 1 aliphatic rings. The summed E-state index contributed by atoms with van der Waals surface area (Å²) in [5.74, 6) is -0.372. The van der Waals surface area contributed by atoms with Crippen molar-refractivity contribution in [3.05, 3.63) is 95.6 Å². The Morgan fingerprint density at radius 2 is 1.71 bits per heavy atom. The summed E-state index contributed by atoms with van der Waals surface area (Å²) in [5.41, 5.74) is 5.72. The second-order valence-electron chi connectivity index (χ2n) is 8.41. The molecule has 0 unspecified atom stereocenters. The standard InChI is InChI=1S/C28H29N3O3/c1-20-8-6-7-11-25(20)22-12-14-23(15-13-22)28(33)31-19-24(30-34-2)18-26(31)27(32)29-17-16-21-9-4-3-5-10-21/h3-15,26H,16-19H2,1-2H3,(H,29,32)/b30-24+/t26-/m0/s1. The van der Waals surface area contributed by atoms with E-state index in [4.69, 9.17) is 4.84 Å². The van der Waals surface area contributed by atoms with Gasteiger partial charge in [0.05, 0.1) is 12.3 Å². The van der Waals surface area contributed by atoms with Crippen molar-refractivity contribution in [2.24, 2.45) is 5.16 Å². The van der Waals surface area contributed by atoms with E-state index in [1.54, 1.807) is 4.90 Å². The number of carbonyl (C=O) groups is 2. The van der Waals surface area contributed by atoms with Crippen molar-refractivity contribution in [1.82, 2.24) is 10.2 Å². The summed E-state index contributed by atoms with van der Waals surface area (Å²) in [5, 5.41) is 7.00. The summed E-state index contributed by atoms with van der Waals surface area (Å²) in [4.78, 5) is 32.9. The van der Waals surface area contributed by atoms with Crippen molar-refractivity contribution in [2.45, 2.75) is 25.8 Å². The molecule has 0 radical (unpaired) electrons. The Morgan fingerprint density at radius 1 is 1.00 bits per heavy atom. The zero-order chi connectivity index (χ0) is 23.9. The van der Waals surface area contributed by atoms with E-state index in [0.29, 0.717) is 24.2 Å². The third kappa shape index (κ3) is 5.34. The normalized spacial score (nSPS) is 16.5. The highest BCUT2D eigenvalue weighted by atomic mass is 16.6. The van der Waals surface area contributed by atoms with Crippen molar-refractivity contribution in [3.8, 4) is 11.1 Å². The van der Waals surface area contributed by atoms with Gasteiger partial charge in [-0.1, -0.05) is 71.9 Å². The van der Waals surface area contributed by atoms with Gasteiger partial charge in [-0.2, -0.15) is 0 Å². The summed E-state index contributed by atoms with van der Waals surface area (Å²) in [7, 11) is 1.47. The molecule has 3 aromatic carbocycles. The van der Waals surface area contributed by atoms with Crippen LogP contribution in [0.25, 0.3) is 11.1 Å². The number of likely N-dealkylation sites (tertiary alicyclic amines) is 1. The first-order chi connectivity index (χ1) is 16.6. The van der Waals surface area contributed by atoms with Crippen LogP contribution >= 0.6 is 0 Å². The highest BCUT2D eigenvalue weighted by molar-refractivity contribution is 6.05. The van der Waals surface area contributed by atoms with Gasteiger partial charge in [-0.05, 0) is 47.7 Å². The molecule has 0 aliphatic carbocycles. The number of hydrogen-bond donors (Lipinski definition) is 1. The van der Waals surface area contributed by atoms with Crippen LogP contribution < -0.4 is 5.32 Å². The first-order valence-electron chi connectivity index (χ1n) is 11.4. The fraction of sp³-hybridized carbons (Fsp3) is 0.250. The van der Waals surface area contributed by atoms with Crippen molar-refractivity contribution in [3.63, 3.8) is 0 Å². The monoisotopic (exact) mass is 455 g/mol. The summed E-state index contributed by atoms with van der Waals surface area (Å²) >= 11 is 0. The summed E-state index contributed by atoms with van der Waals surface area (Å²) in [6, 6.07) is 25.0. The number of nitrogens with zero attached hydrogens (tertiary/aromatic N) is 2. The lowest BCUT2D eigenvalue weighted by atomic mass is 9.99. The minimum atomic E-state index is -0.617. The smallest absolute Gasteiger partial charge is 0.254 e. The molecule has 1 saturated heterocycles. The molecule has 1 atom stereocenters. The van der Waals surface area contributed by atoms with E-state index in [2.05, 4.69) is 29.5 Å². The molecule has 1 N–H and O–H groups in total. The number of nitrogens with one attached hydrogen (secondary N) is 1. The second-order valence-corrected chi connectivity index (χ2v) is 8.41. The van der Waals surface area contributed by atoms with E-state index in [1.807, 2.05) is 66.7 Å². The van der Waals surface area contributed by atoms with Crippen LogP contribution in [0.4, 0.5) is 0 Å². The Hall–Kier alpha value is -3.93. The predicted octanol–water partition coefficient (Wildman–Crippen LogP) is 4.24. The molecule has 2 amide bonds. The Balaban J connectivity index is 1.47. The van der Waals surface area contributed by atoms with Crippen LogP contribution in [-0.4, -0.2) is 48.7 Å². The Bertz CT molecular complexity index is 1170. The summed E-state index contributed by atoms with van der Waals surface area (Å²) in [6.45, 7) is 2.84. The number of hydrogen-bond acceptors (Lipinski definition) is 4. The third-order valence-corrected chi connectivity index (χ3v) is 6.09. The third-order valence-electron chi connectivity index (χ3n) is 6.09. The van der Waals surface area contributed by atoms with Crippen molar-refractivity contribution < 1.29 is 14.4 Å². The number of carbonyl (C=O) groups excluding carboxylic acids is 2. The van der Waals surface area contributed by atoms with Gasteiger partial charge in [-0.15, -0.1) is 0 Å². The minimum absolute atomic E-state index is 0.179. The van der Waals surface area contributed by atoms with Gasteiger partial charge in [0.1, 0.15) is 13.2 Å². The largest absolute Gasteiger partial charge is 0.399 e. The predicted molar refractivity (Wildman–Crippen MR) is 134 cm³/mol. The average Bonchev–Trinajstić information content (AvgIpc) is 3.29. The number of rotatable bonds is 7. The van der Waals surface area contributed by atoms with E-state index in [0.717, 1.165) is 23.1 Å². The molecule has 174 valence electrons. The van der Waals surface area contributed by atoms with Crippen LogP contribution in [0.5, 0.6) is 0 Å². The van der Waals surface area contributed by atoms with Gasteiger partial charge in [0.25, 0.3) is 5.91 Å². The molecular formula is C28H29N3O3. The van der Waals surface area contributed by atoms with Gasteiger partial charge in [0, 0.05) is 18.5 Å². The molecule has 0 aromatic heterocycles. The zero-order valence-electron chi connectivity index (χ0n) is 19.5. The average molecular weight is 456 g/mol. The SMILES string of the molecule is CO/N=C1\C[C@@H](C(=O)NCCc2ccccc2)N(C(=O)c2ccc(-c3ccccc3C)cc2)C1. The van der Waals surface area contributed by atoms with Crippen LogP contribution in [0.15, 0.2) is 84.0 Å². The fourth-order valence-corrected chi connectivity index (χ4v) is 4.30. The summed E-state index contributed by atoms with van der Waals surface area (Å²) in [6.07, 6.45) is 1.09. The van der Waals surface area contributed by atoms with E-state index in [9.17, 15) is 9.59 Å². The van der Waals surface area contributed by atoms with E-state index >= 15 is 0 Å². The lowest BCUT2D eigenvalue weighted by molar-refractivity contribution is -0.124. The number of benzene rings is 3. The molecule has 1 fully saturated rings. The topological polar surface area (TPSA) is 71.0 Å². The van der Waals surface area contributed by atoms with Crippen LogP contribution in [-0.2, 0) is 16.1 Å². The highest BCUT2D eigenvalue weighted by Crippen LogP contribution is 2.25. The lowest BCUT2D eigenvalue weighted by Crippen LogP contribution is -2.46. The zero-order valence-corrected chi connectivity index (χ0v) is 19.5. The first kappa shape index (κ1) is 23.2. The molecule has 0 bridgehead atoms. The van der Waals surface area contributed by atoms with Gasteiger partial charge in [0.15, 0.2) is 0 Å². The fourth-order valence-electron chi connectivity index (χ4n) is 4.30. The molecule has 0 spiro atoms. The molecule has 3 aromatic rings. The minimum Gasteiger partial charge on any atom is -0.399 e. The molecule has 4 rings (SSSR count). The summed E-state index contributed by atoms with van der Waals surface area (Å²) < 4.78 is 0. The van der Waals surface area contributed by atoms with Gasteiger partial charge in [-0.25, -0.2) is 0 Å². The Kier molecular flexibility index (Phi) is 7.38. The number of oxime groups is 1. The molecule has 1 heterocycles. The van der Waals surface area contributed by atoms with Crippen molar-refractivity contribution in [1.29, 1.82) is 0 Å². The van der Waals surface area contributed by atoms with Crippen LogP contribution in [0.2, 0.25) is 0 Å². The van der Waals surface area contributed by atoms with Crippen LogP contribution in [0, 0.1) is 6.92 Å².